The van der Waals surface area contributed by atoms with Gasteiger partial charge in [0.1, 0.15) is 5.82 Å². The lowest BCUT2D eigenvalue weighted by Gasteiger charge is -2.23. The Hall–Kier alpha value is -4.75. The van der Waals surface area contributed by atoms with Crippen LogP contribution in [0.3, 0.4) is 0 Å². The molecule has 0 aliphatic carbocycles. The topological polar surface area (TPSA) is 58.0 Å². The molecule has 3 heterocycles. The summed E-state index contributed by atoms with van der Waals surface area (Å²) in [5.41, 5.74) is 7.11. The van der Waals surface area contributed by atoms with E-state index in [4.69, 9.17) is 23.9 Å². The second-order valence-electron chi connectivity index (χ2n) is 11.7. The van der Waals surface area contributed by atoms with Gasteiger partial charge < -0.3 is 23.5 Å². The Balaban J connectivity index is 1.17. The molecule has 230 valence electrons. The normalized spacial score (nSPS) is 13.1. The smallest absolute Gasteiger partial charge is 0.231 e. The van der Waals surface area contributed by atoms with E-state index in [0.29, 0.717) is 0 Å². The van der Waals surface area contributed by atoms with E-state index in [-0.39, 0.29) is 13.6 Å². The lowest BCUT2D eigenvalue weighted by atomic mass is 10.1. The first kappa shape index (κ1) is 29.0. The number of nitrogens with zero attached hydrogens (tertiary/aromatic N) is 3. The van der Waals surface area contributed by atoms with Crippen molar-refractivity contribution >= 4 is 0 Å². The van der Waals surface area contributed by atoms with E-state index < -0.39 is 0 Å². The summed E-state index contributed by atoms with van der Waals surface area (Å²) < 4.78 is 25.0. The second kappa shape index (κ2) is 13.5. The van der Waals surface area contributed by atoms with Crippen LogP contribution in [-0.2, 0) is 26.1 Å². The fourth-order valence-corrected chi connectivity index (χ4v) is 6.21. The molecule has 2 aliphatic rings. The number of ether oxygens (including phenoxy) is 4. The summed E-state index contributed by atoms with van der Waals surface area (Å²) in [5.74, 6) is 4.30. The lowest BCUT2D eigenvalue weighted by Crippen LogP contribution is -2.24. The molecule has 0 radical (unpaired) electrons. The van der Waals surface area contributed by atoms with Gasteiger partial charge in [-0.15, -0.1) is 0 Å². The van der Waals surface area contributed by atoms with Crippen molar-refractivity contribution in [3.63, 3.8) is 0 Å². The lowest BCUT2D eigenvalue weighted by molar-refractivity contribution is 0.173. The van der Waals surface area contributed by atoms with Crippen LogP contribution in [0.4, 0.5) is 0 Å². The molecule has 0 amide bonds. The third-order valence-corrected chi connectivity index (χ3v) is 8.46. The zero-order chi connectivity index (χ0) is 30.4. The molecule has 0 fully saturated rings. The zero-order valence-corrected chi connectivity index (χ0v) is 25.8. The maximum atomic E-state index is 5.69. The average molecular weight is 602 g/mol. The number of fused-ring (bicyclic) bond motifs is 2. The van der Waals surface area contributed by atoms with Crippen molar-refractivity contribution in [2.45, 2.75) is 52.2 Å². The molecule has 0 saturated carbocycles. The number of hydrogen-bond acceptors (Lipinski definition) is 6. The summed E-state index contributed by atoms with van der Waals surface area (Å²) in [6.45, 7) is 6.26. The summed E-state index contributed by atoms with van der Waals surface area (Å²) in [5, 5.41) is 0. The number of unbranched alkanes of at least 4 members (excludes halogenated alkanes) is 1. The molecule has 7 nitrogen and oxygen atoms in total. The van der Waals surface area contributed by atoms with Crippen molar-refractivity contribution in [2.75, 3.05) is 20.1 Å². The molecule has 0 bridgehead atoms. The van der Waals surface area contributed by atoms with Gasteiger partial charge in [-0.3, -0.25) is 4.90 Å². The second-order valence-corrected chi connectivity index (χ2v) is 11.7. The van der Waals surface area contributed by atoms with Crippen molar-refractivity contribution in [3.8, 4) is 45.6 Å². The van der Waals surface area contributed by atoms with Gasteiger partial charge in [0.05, 0.1) is 5.69 Å². The van der Waals surface area contributed by atoms with E-state index in [9.17, 15) is 0 Å². The van der Waals surface area contributed by atoms with Crippen LogP contribution in [0.5, 0.6) is 23.0 Å². The highest BCUT2D eigenvalue weighted by atomic mass is 16.7. The zero-order valence-electron chi connectivity index (χ0n) is 25.8. The standard InChI is InChI=1S/C38H39N3O4/c1-2-3-21-41-32(37(30-11-6-4-7-12-30)39-38(41)31-13-8-5-9-14-31)15-10-20-40(24-28-16-18-33-35(22-28)44-26-42-33)25-29-17-19-34-36(23-29)45-27-43-34/h4-9,11-14,16-19,22-23H,2-3,10,15,20-21,24-27H2,1H3. The predicted molar refractivity (Wildman–Crippen MR) is 176 cm³/mol. The number of rotatable bonds is 13. The molecular formula is C38H39N3O4. The fourth-order valence-electron chi connectivity index (χ4n) is 6.21. The van der Waals surface area contributed by atoms with E-state index in [1.807, 2.05) is 12.1 Å². The van der Waals surface area contributed by atoms with Crippen LogP contribution < -0.4 is 18.9 Å². The minimum Gasteiger partial charge on any atom is -0.454 e. The van der Waals surface area contributed by atoms with E-state index in [1.165, 1.54) is 16.8 Å². The Labute approximate surface area is 265 Å². The van der Waals surface area contributed by atoms with Crippen molar-refractivity contribution in [3.05, 3.63) is 114 Å². The first-order chi connectivity index (χ1) is 22.2. The van der Waals surface area contributed by atoms with E-state index in [0.717, 1.165) is 97.5 Å². The highest BCUT2D eigenvalue weighted by Gasteiger charge is 2.21. The molecule has 7 heteroatoms. The van der Waals surface area contributed by atoms with Gasteiger partial charge in [0.2, 0.25) is 13.6 Å². The Bertz CT molecular complexity index is 1680. The van der Waals surface area contributed by atoms with E-state index >= 15 is 0 Å². The first-order valence-electron chi connectivity index (χ1n) is 15.9. The van der Waals surface area contributed by atoms with Crippen LogP contribution in [0, 0.1) is 0 Å². The first-order valence-corrected chi connectivity index (χ1v) is 15.9. The number of aromatic nitrogens is 2. The van der Waals surface area contributed by atoms with Crippen molar-refractivity contribution in [1.82, 2.24) is 14.5 Å². The SMILES string of the molecule is CCCCn1c(-c2ccccc2)nc(-c2ccccc2)c1CCCN(Cc1ccc2c(c1)OCO2)Cc1ccc2c(c1)OCO2. The molecule has 5 aromatic rings. The van der Waals surface area contributed by atoms with Gasteiger partial charge in [-0.1, -0.05) is 86.1 Å². The molecular weight excluding hydrogens is 562 g/mol. The Kier molecular flexibility index (Phi) is 8.69. The summed E-state index contributed by atoms with van der Waals surface area (Å²) in [6.07, 6.45) is 4.15. The molecule has 0 unspecified atom stereocenters. The van der Waals surface area contributed by atoms with Gasteiger partial charge >= 0.3 is 0 Å². The minimum atomic E-state index is 0.278. The molecule has 0 spiro atoms. The Morgan fingerprint density at radius 2 is 1.24 bits per heavy atom. The molecule has 45 heavy (non-hydrogen) atoms. The number of imidazole rings is 1. The summed E-state index contributed by atoms with van der Waals surface area (Å²) in [4.78, 5) is 7.80. The molecule has 7 rings (SSSR count). The van der Waals surface area contributed by atoms with Gasteiger partial charge in [0.25, 0.3) is 0 Å². The van der Waals surface area contributed by atoms with Gasteiger partial charge in [0.15, 0.2) is 23.0 Å². The molecule has 0 atom stereocenters. The van der Waals surface area contributed by atoms with Crippen molar-refractivity contribution in [2.24, 2.45) is 0 Å². The van der Waals surface area contributed by atoms with E-state index in [1.54, 1.807) is 0 Å². The highest BCUT2D eigenvalue weighted by molar-refractivity contribution is 5.68. The van der Waals surface area contributed by atoms with Gasteiger partial charge in [-0.2, -0.15) is 0 Å². The van der Waals surface area contributed by atoms with Crippen LogP contribution in [0.25, 0.3) is 22.6 Å². The summed E-state index contributed by atoms with van der Waals surface area (Å²) in [7, 11) is 0. The highest BCUT2D eigenvalue weighted by Crippen LogP contribution is 2.35. The van der Waals surface area contributed by atoms with Crippen LogP contribution in [-0.4, -0.2) is 34.6 Å². The van der Waals surface area contributed by atoms with Crippen LogP contribution in [0.1, 0.15) is 43.0 Å². The molecule has 0 N–H and O–H groups in total. The third kappa shape index (κ3) is 6.54. The molecule has 4 aromatic carbocycles. The largest absolute Gasteiger partial charge is 0.454 e. The summed E-state index contributed by atoms with van der Waals surface area (Å²) in [6, 6.07) is 33.7. The maximum absolute atomic E-state index is 5.69. The maximum Gasteiger partial charge on any atom is 0.231 e. The molecule has 0 saturated heterocycles. The molecule has 1 aromatic heterocycles. The Morgan fingerprint density at radius 3 is 1.84 bits per heavy atom. The number of benzene rings is 4. The van der Waals surface area contributed by atoms with Gasteiger partial charge in [0, 0.05) is 36.5 Å². The summed E-state index contributed by atoms with van der Waals surface area (Å²) >= 11 is 0. The van der Waals surface area contributed by atoms with Crippen LogP contribution in [0.15, 0.2) is 97.1 Å². The Morgan fingerprint density at radius 1 is 0.667 bits per heavy atom. The average Bonchev–Trinajstić information content (AvgIpc) is 3.83. The van der Waals surface area contributed by atoms with Crippen molar-refractivity contribution < 1.29 is 18.9 Å². The third-order valence-electron chi connectivity index (χ3n) is 8.46. The quantitative estimate of drug-likeness (QED) is 0.136. The van der Waals surface area contributed by atoms with Gasteiger partial charge in [-0.05, 0) is 61.2 Å². The fraction of sp³-hybridized carbons (Fsp3) is 0.289. The minimum absolute atomic E-state index is 0.278. The van der Waals surface area contributed by atoms with Crippen LogP contribution in [0.2, 0.25) is 0 Å². The van der Waals surface area contributed by atoms with Crippen molar-refractivity contribution in [1.29, 1.82) is 0 Å². The monoisotopic (exact) mass is 601 g/mol. The molecule has 2 aliphatic heterocycles. The van der Waals surface area contributed by atoms with Crippen LogP contribution >= 0.6 is 0 Å². The van der Waals surface area contributed by atoms with Gasteiger partial charge in [-0.25, -0.2) is 4.98 Å². The van der Waals surface area contributed by atoms with E-state index in [2.05, 4.69) is 101 Å². The predicted octanol–water partition coefficient (Wildman–Crippen LogP) is 8.11. The number of hydrogen-bond donors (Lipinski definition) is 0.